The minimum Gasteiger partial charge on any atom is -0.315 e. The zero-order valence-electron chi connectivity index (χ0n) is 12.0. The van der Waals surface area contributed by atoms with Gasteiger partial charge in [0, 0.05) is 36.1 Å². The fourth-order valence-electron chi connectivity index (χ4n) is 1.62. The molecule has 0 unspecified atom stereocenters. The SMILES string of the molecule is CNCc1cc(S(=O)(=O)N(C)CCS(C)(=O)=O)c(C)s1. The van der Waals surface area contributed by atoms with E-state index in [1.54, 1.807) is 20.0 Å². The predicted molar refractivity (Wildman–Crippen MR) is 81.3 cm³/mol. The van der Waals surface area contributed by atoms with Crippen molar-refractivity contribution in [3.8, 4) is 0 Å². The average molecular weight is 340 g/mol. The van der Waals surface area contributed by atoms with Crippen LogP contribution in [-0.2, 0) is 26.4 Å². The number of nitrogens with one attached hydrogen (secondary N) is 1. The number of nitrogens with zero attached hydrogens (tertiary/aromatic N) is 1. The fourth-order valence-corrected chi connectivity index (χ4v) is 5.13. The molecule has 1 heterocycles. The van der Waals surface area contributed by atoms with Gasteiger partial charge in [0.2, 0.25) is 10.0 Å². The van der Waals surface area contributed by atoms with Gasteiger partial charge >= 0.3 is 0 Å². The van der Waals surface area contributed by atoms with Crippen molar-refractivity contribution < 1.29 is 16.8 Å². The summed E-state index contributed by atoms with van der Waals surface area (Å²) in [5.74, 6) is -0.185. The van der Waals surface area contributed by atoms with E-state index in [0.717, 1.165) is 15.4 Å². The first kappa shape index (κ1) is 17.6. The van der Waals surface area contributed by atoms with Gasteiger partial charge in [-0.15, -0.1) is 11.3 Å². The highest BCUT2D eigenvalue weighted by Gasteiger charge is 2.25. The number of hydrogen-bond acceptors (Lipinski definition) is 6. The highest BCUT2D eigenvalue weighted by atomic mass is 32.2. The second-order valence-electron chi connectivity index (χ2n) is 4.62. The molecule has 1 aromatic heterocycles. The minimum absolute atomic E-state index is 0.0438. The van der Waals surface area contributed by atoms with E-state index in [0.29, 0.717) is 11.4 Å². The maximum atomic E-state index is 12.4. The maximum Gasteiger partial charge on any atom is 0.243 e. The Hall–Kier alpha value is -0.480. The molecular formula is C11H20N2O4S3. The first-order valence-corrected chi connectivity index (χ1v) is 10.3. The van der Waals surface area contributed by atoms with E-state index < -0.39 is 19.9 Å². The monoisotopic (exact) mass is 340 g/mol. The lowest BCUT2D eigenvalue weighted by Crippen LogP contribution is -2.31. The molecule has 116 valence electrons. The summed E-state index contributed by atoms with van der Waals surface area (Å²) in [6, 6.07) is 1.64. The number of sulfonamides is 1. The number of hydrogen-bond donors (Lipinski definition) is 1. The molecule has 0 saturated carbocycles. The molecule has 0 fully saturated rings. The van der Waals surface area contributed by atoms with Crippen LogP contribution < -0.4 is 5.32 Å². The maximum absolute atomic E-state index is 12.4. The van der Waals surface area contributed by atoms with Crippen LogP contribution in [0, 0.1) is 6.92 Å². The molecule has 0 aliphatic heterocycles. The molecule has 0 atom stereocenters. The summed E-state index contributed by atoms with van der Waals surface area (Å²) in [5, 5.41) is 2.97. The van der Waals surface area contributed by atoms with E-state index in [9.17, 15) is 16.8 Å². The van der Waals surface area contributed by atoms with Crippen molar-refractivity contribution in [3.63, 3.8) is 0 Å². The van der Waals surface area contributed by atoms with E-state index in [4.69, 9.17) is 0 Å². The Morgan fingerprint density at radius 3 is 2.40 bits per heavy atom. The molecule has 0 aliphatic carbocycles. The molecule has 9 heteroatoms. The predicted octanol–water partition coefficient (Wildman–Crippen LogP) is 0.441. The molecule has 0 aromatic carbocycles. The van der Waals surface area contributed by atoms with Crippen molar-refractivity contribution in [2.75, 3.05) is 32.6 Å². The van der Waals surface area contributed by atoms with Crippen LogP contribution in [0.2, 0.25) is 0 Å². The summed E-state index contributed by atoms with van der Waals surface area (Å²) in [6.45, 7) is 2.31. The third-order valence-electron chi connectivity index (χ3n) is 2.74. The van der Waals surface area contributed by atoms with E-state index in [1.165, 1.54) is 18.4 Å². The van der Waals surface area contributed by atoms with Crippen molar-refractivity contribution in [1.29, 1.82) is 0 Å². The van der Waals surface area contributed by atoms with Crippen molar-refractivity contribution in [2.45, 2.75) is 18.4 Å². The number of rotatable bonds is 7. The summed E-state index contributed by atoms with van der Waals surface area (Å²) >= 11 is 1.42. The molecule has 1 N–H and O–H groups in total. The van der Waals surface area contributed by atoms with E-state index >= 15 is 0 Å². The van der Waals surface area contributed by atoms with Crippen molar-refractivity contribution in [2.24, 2.45) is 0 Å². The molecular weight excluding hydrogens is 320 g/mol. The summed E-state index contributed by atoms with van der Waals surface area (Å²) in [5.41, 5.74) is 0. The smallest absolute Gasteiger partial charge is 0.243 e. The summed E-state index contributed by atoms with van der Waals surface area (Å²) < 4.78 is 48.2. The van der Waals surface area contributed by atoms with Gasteiger partial charge < -0.3 is 5.32 Å². The quantitative estimate of drug-likeness (QED) is 0.779. The van der Waals surface area contributed by atoms with Gasteiger partial charge in [0.05, 0.1) is 10.6 Å². The Morgan fingerprint density at radius 1 is 1.30 bits per heavy atom. The highest BCUT2D eigenvalue weighted by molar-refractivity contribution is 7.91. The number of aryl methyl sites for hydroxylation is 1. The summed E-state index contributed by atoms with van der Waals surface area (Å²) in [4.78, 5) is 1.89. The normalized spacial score (nSPS) is 13.1. The molecule has 0 radical (unpaired) electrons. The molecule has 0 amide bonds. The molecule has 1 aromatic rings. The Kier molecular flexibility index (Phi) is 5.73. The van der Waals surface area contributed by atoms with Gasteiger partial charge in [-0.25, -0.2) is 16.8 Å². The van der Waals surface area contributed by atoms with Crippen LogP contribution in [0.1, 0.15) is 9.75 Å². The lowest BCUT2D eigenvalue weighted by Gasteiger charge is -2.16. The zero-order valence-corrected chi connectivity index (χ0v) is 14.5. The van der Waals surface area contributed by atoms with Gasteiger partial charge in [-0.2, -0.15) is 4.31 Å². The van der Waals surface area contributed by atoms with Crippen LogP contribution in [0.3, 0.4) is 0 Å². The van der Waals surface area contributed by atoms with Crippen LogP contribution in [-0.4, -0.2) is 53.8 Å². The van der Waals surface area contributed by atoms with Gasteiger partial charge in [0.25, 0.3) is 0 Å². The van der Waals surface area contributed by atoms with Crippen LogP contribution in [0.15, 0.2) is 11.0 Å². The second kappa shape index (κ2) is 6.52. The molecule has 0 bridgehead atoms. The molecule has 1 rings (SSSR count). The number of thiophene rings is 1. The molecule has 6 nitrogen and oxygen atoms in total. The zero-order chi connectivity index (χ0) is 15.6. The van der Waals surface area contributed by atoms with Gasteiger partial charge in [-0.3, -0.25) is 0 Å². The highest BCUT2D eigenvalue weighted by Crippen LogP contribution is 2.27. The van der Waals surface area contributed by atoms with Crippen LogP contribution in [0.4, 0.5) is 0 Å². The van der Waals surface area contributed by atoms with Crippen molar-refractivity contribution in [1.82, 2.24) is 9.62 Å². The van der Waals surface area contributed by atoms with Crippen LogP contribution in [0.5, 0.6) is 0 Å². The molecule has 0 saturated heterocycles. The Morgan fingerprint density at radius 2 is 1.90 bits per heavy atom. The standard InChI is InChI=1S/C11H20N2O4S3/c1-9-11(7-10(18-9)8-12-2)20(16,17)13(3)5-6-19(4,14)15/h7,12H,5-6,8H2,1-4H3. The summed E-state index contributed by atoms with van der Waals surface area (Å²) in [7, 11) is -3.64. The Labute approximate surface area is 124 Å². The molecule has 0 aliphatic rings. The van der Waals surface area contributed by atoms with Gasteiger partial charge in [0.15, 0.2) is 0 Å². The van der Waals surface area contributed by atoms with Crippen molar-refractivity contribution >= 4 is 31.2 Å². The van der Waals surface area contributed by atoms with Gasteiger partial charge in [-0.1, -0.05) is 0 Å². The van der Waals surface area contributed by atoms with Crippen molar-refractivity contribution in [3.05, 3.63) is 15.8 Å². The molecule has 20 heavy (non-hydrogen) atoms. The third kappa shape index (κ3) is 4.52. The minimum atomic E-state index is -3.64. The number of sulfone groups is 1. The van der Waals surface area contributed by atoms with Crippen LogP contribution in [0.25, 0.3) is 0 Å². The molecule has 0 spiro atoms. The Balaban J connectivity index is 2.98. The topological polar surface area (TPSA) is 83.6 Å². The van der Waals surface area contributed by atoms with E-state index in [2.05, 4.69) is 5.32 Å². The Bertz CT molecular complexity index is 662. The third-order valence-corrected chi connectivity index (χ3v) is 6.83. The lowest BCUT2D eigenvalue weighted by atomic mass is 10.4. The summed E-state index contributed by atoms with van der Waals surface area (Å²) in [6.07, 6.45) is 1.09. The fraction of sp³-hybridized carbons (Fsp3) is 0.636. The van der Waals surface area contributed by atoms with Gasteiger partial charge in [-0.05, 0) is 20.0 Å². The van der Waals surface area contributed by atoms with E-state index in [1.807, 2.05) is 0 Å². The first-order valence-electron chi connectivity index (χ1n) is 5.96. The first-order chi connectivity index (χ1) is 9.08. The average Bonchev–Trinajstić information content (AvgIpc) is 2.67. The van der Waals surface area contributed by atoms with E-state index in [-0.39, 0.29) is 17.2 Å². The van der Waals surface area contributed by atoms with Crippen LogP contribution >= 0.6 is 11.3 Å². The second-order valence-corrected chi connectivity index (χ2v) is 10.2. The lowest BCUT2D eigenvalue weighted by molar-refractivity contribution is 0.484. The van der Waals surface area contributed by atoms with Gasteiger partial charge in [0.1, 0.15) is 9.84 Å². The largest absolute Gasteiger partial charge is 0.315 e.